The van der Waals surface area contributed by atoms with Gasteiger partial charge in [0.1, 0.15) is 17.2 Å². The summed E-state index contributed by atoms with van der Waals surface area (Å²) < 4.78 is 17.6. The second-order valence-corrected chi connectivity index (χ2v) is 6.70. The van der Waals surface area contributed by atoms with Gasteiger partial charge < -0.3 is 14.0 Å². The molecule has 0 bridgehead atoms. The molecule has 0 radical (unpaired) electrons. The number of benzene rings is 1. The van der Waals surface area contributed by atoms with Crippen molar-refractivity contribution >= 4 is 11.8 Å². The van der Waals surface area contributed by atoms with Crippen LogP contribution in [0.15, 0.2) is 28.8 Å². The van der Waals surface area contributed by atoms with E-state index in [1.807, 2.05) is 18.2 Å². The molecule has 0 atom stereocenters. The quantitative estimate of drug-likeness (QED) is 0.728. The predicted octanol–water partition coefficient (Wildman–Crippen LogP) is 3.22. The van der Waals surface area contributed by atoms with Crippen molar-refractivity contribution < 1.29 is 18.8 Å². The molecule has 1 aliphatic rings. The third-order valence-corrected chi connectivity index (χ3v) is 4.98. The van der Waals surface area contributed by atoms with Crippen LogP contribution in [-0.4, -0.2) is 35.1 Å². The topological polar surface area (TPSA) is 91.4 Å². The summed E-state index contributed by atoms with van der Waals surface area (Å²) in [7, 11) is 4.91. The summed E-state index contributed by atoms with van der Waals surface area (Å²) in [6, 6.07) is 7.17. The molecular formula is C20H22N4O4. The fourth-order valence-electron chi connectivity index (χ4n) is 3.48. The smallest absolute Gasteiger partial charge is 0.276 e. The second kappa shape index (κ2) is 7.38. The number of hydrogen-bond donors (Lipinski definition) is 1. The first-order valence-corrected chi connectivity index (χ1v) is 9.16. The number of methoxy groups -OCH3 is 2. The van der Waals surface area contributed by atoms with Gasteiger partial charge in [0, 0.05) is 18.2 Å². The minimum Gasteiger partial charge on any atom is -0.497 e. The lowest BCUT2D eigenvalue weighted by Crippen LogP contribution is -2.17. The van der Waals surface area contributed by atoms with E-state index >= 15 is 0 Å². The van der Waals surface area contributed by atoms with Crippen LogP contribution in [0, 0.1) is 0 Å². The van der Waals surface area contributed by atoms with Gasteiger partial charge in [-0.15, -0.1) is 0 Å². The molecular weight excluding hydrogens is 360 g/mol. The molecule has 0 unspecified atom stereocenters. The molecule has 0 saturated heterocycles. The summed E-state index contributed by atoms with van der Waals surface area (Å²) in [6.45, 7) is 0. The van der Waals surface area contributed by atoms with Crippen LogP contribution in [0.3, 0.4) is 0 Å². The van der Waals surface area contributed by atoms with Gasteiger partial charge in [0.05, 0.1) is 25.6 Å². The Bertz CT molecular complexity index is 1020. The molecule has 0 aliphatic heterocycles. The van der Waals surface area contributed by atoms with E-state index in [2.05, 4.69) is 15.6 Å². The van der Waals surface area contributed by atoms with E-state index in [1.54, 1.807) is 27.3 Å². The summed E-state index contributed by atoms with van der Waals surface area (Å²) in [4.78, 5) is 12.8. The summed E-state index contributed by atoms with van der Waals surface area (Å²) in [5, 5.41) is 11.4. The van der Waals surface area contributed by atoms with E-state index in [0.29, 0.717) is 28.8 Å². The Balaban J connectivity index is 1.63. The van der Waals surface area contributed by atoms with Crippen LogP contribution in [0.2, 0.25) is 0 Å². The molecule has 2 aromatic heterocycles. The zero-order valence-electron chi connectivity index (χ0n) is 16.1. The molecule has 1 aliphatic carbocycles. The highest BCUT2D eigenvalue weighted by Gasteiger charge is 2.23. The Morgan fingerprint density at radius 3 is 2.79 bits per heavy atom. The molecule has 2 heterocycles. The molecule has 28 heavy (non-hydrogen) atoms. The van der Waals surface area contributed by atoms with Crippen LogP contribution in [0.4, 0.5) is 5.88 Å². The van der Waals surface area contributed by atoms with Crippen molar-refractivity contribution in [1.29, 1.82) is 0 Å². The molecule has 3 aromatic rings. The maximum Gasteiger partial charge on any atom is 0.276 e. The fourth-order valence-corrected chi connectivity index (χ4v) is 3.48. The van der Waals surface area contributed by atoms with Gasteiger partial charge in [-0.2, -0.15) is 5.10 Å². The van der Waals surface area contributed by atoms with Gasteiger partial charge in [-0.05, 0) is 49.9 Å². The van der Waals surface area contributed by atoms with Gasteiger partial charge in [-0.3, -0.25) is 14.8 Å². The van der Waals surface area contributed by atoms with Crippen molar-refractivity contribution in [2.75, 3.05) is 19.5 Å². The number of aromatic nitrogens is 3. The first-order valence-electron chi connectivity index (χ1n) is 9.16. The number of nitrogens with one attached hydrogen (secondary N) is 1. The lowest BCUT2D eigenvalue weighted by molar-refractivity contribution is 0.101. The molecule has 0 fully saturated rings. The molecule has 4 rings (SSSR count). The lowest BCUT2D eigenvalue weighted by atomic mass is 9.98. The van der Waals surface area contributed by atoms with Crippen molar-refractivity contribution in [2.24, 2.45) is 7.05 Å². The van der Waals surface area contributed by atoms with E-state index in [4.69, 9.17) is 14.0 Å². The number of nitrogens with zero attached hydrogens (tertiary/aromatic N) is 3. The molecule has 1 amide bonds. The Morgan fingerprint density at radius 1 is 1.18 bits per heavy atom. The van der Waals surface area contributed by atoms with E-state index in [-0.39, 0.29) is 5.91 Å². The average Bonchev–Trinajstić information content (AvgIpc) is 3.31. The number of aryl methyl sites for hydroxylation is 2. The van der Waals surface area contributed by atoms with Gasteiger partial charge in [0.15, 0.2) is 0 Å². The molecule has 0 spiro atoms. The molecule has 1 N–H and O–H groups in total. The zero-order chi connectivity index (χ0) is 19.7. The largest absolute Gasteiger partial charge is 0.497 e. The Labute approximate surface area is 162 Å². The minimum absolute atomic E-state index is 0.298. The van der Waals surface area contributed by atoms with Crippen molar-refractivity contribution in [3.05, 3.63) is 41.2 Å². The van der Waals surface area contributed by atoms with Gasteiger partial charge in [0.2, 0.25) is 5.88 Å². The third-order valence-electron chi connectivity index (χ3n) is 4.98. The van der Waals surface area contributed by atoms with E-state index < -0.39 is 0 Å². The minimum atomic E-state index is -0.298. The van der Waals surface area contributed by atoms with E-state index in [1.165, 1.54) is 4.68 Å². The first-order chi connectivity index (χ1) is 13.6. The highest BCUT2D eigenvalue weighted by Crippen LogP contribution is 2.33. The average molecular weight is 382 g/mol. The van der Waals surface area contributed by atoms with E-state index in [0.717, 1.165) is 42.5 Å². The summed E-state index contributed by atoms with van der Waals surface area (Å²) in [5.41, 5.74) is 3.70. The van der Waals surface area contributed by atoms with Crippen LogP contribution in [-0.2, 0) is 19.9 Å². The number of fused-ring (bicyclic) bond motifs is 1. The fraction of sp³-hybridized carbons (Fsp3) is 0.350. The number of amides is 1. The summed E-state index contributed by atoms with van der Waals surface area (Å²) in [5.74, 6) is 1.46. The normalized spacial score (nSPS) is 13.1. The maximum atomic E-state index is 12.8. The maximum absolute atomic E-state index is 12.8. The standard InChI is InChI=1S/C20H22N4O4/c1-24-17(19(25)21-20-13-6-4-5-7-15(13)23-28-20)11-16(22-24)14-10-12(26-2)8-9-18(14)27-3/h8-11H,4-7H2,1-3H3,(H,21,25). The number of carbonyl (C=O) groups is 1. The number of ether oxygens (including phenoxy) is 2. The van der Waals surface area contributed by atoms with Gasteiger partial charge in [0.25, 0.3) is 5.91 Å². The number of anilines is 1. The van der Waals surface area contributed by atoms with Crippen molar-refractivity contribution in [2.45, 2.75) is 25.7 Å². The van der Waals surface area contributed by atoms with Crippen molar-refractivity contribution in [1.82, 2.24) is 14.9 Å². The molecule has 1 aromatic carbocycles. The van der Waals surface area contributed by atoms with E-state index in [9.17, 15) is 4.79 Å². The molecule has 146 valence electrons. The van der Waals surface area contributed by atoms with Crippen LogP contribution in [0.1, 0.15) is 34.6 Å². The Kier molecular flexibility index (Phi) is 4.77. The highest BCUT2D eigenvalue weighted by molar-refractivity contribution is 6.03. The van der Waals surface area contributed by atoms with Crippen LogP contribution < -0.4 is 14.8 Å². The third kappa shape index (κ3) is 3.21. The number of carbonyl (C=O) groups excluding carboxylic acids is 1. The SMILES string of the molecule is COc1ccc(OC)c(-c2cc(C(=O)Nc3onc4c3CCCC4)n(C)n2)c1. The monoisotopic (exact) mass is 382 g/mol. The number of rotatable bonds is 5. The first kappa shape index (κ1) is 18.1. The van der Waals surface area contributed by atoms with Crippen LogP contribution >= 0.6 is 0 Å². The van der Waals surface area contributed by atoms with Crippen molar-refractivity contribution in [3.8, 4) is 22.8 Å². The molecule has 0 saturated carbocycles. The lowest BCUT2D eigenvalue weighted by Gasteiger charge is -2.09. The van der Waals surface area contributed by atoms with Crippen LogP contribution in [0.5, 0.6) is 11.5 Å². The van der Waals surface area contributed by atoms with Gasteiger partial charge in [-0.1, -0.05) is 5.16 Å². The summed E-state index contributed by atoms with van der Waals surface area (Å²) in [6.07, 6.45) is 3.93. The van der Waals surface area contributed by atoms with Crippen LogP contribution in [0.25, 0.3) is 11.3 Å². The Hall–Kier alpha value is -3.29. The second-order valence-electron chi connectivity index (χ2n) is 6.70. The van der Waals surface area contributed by atoms with Gasteiger partial charge >= 0.3 is 0 Å². The zero-order valence-corrected chi connectivity index (χ0v) is 16.1. The van der Waals surface area contributed by atoms with Gasteiger partial charge in [-0.25, -0.2) is 0 Å². The molecule has 8 heteroatoms. The van der Waals surface area contributed by atoms with Crippen molar-refractivity contribution in [3.63, 3.8) is 0 Å². The number of hydrogen-bond acceptors (Lipinski definition) is 6. The Morgan fingerprint density at radius 2 is 2.00 bits per heavy atom. The highest BCUT2D eigenvalue weighted by atomic mass is 16.5. The predicted molar refractivity (Wildman–Crippen MR) is 103 cm³/mol. The summed E-state index contributed by atoms with van der Waals surface area (Å²) >= 11 is 0. The molecule has 8 nitrogen and oxygen atoms in total.